The lowest BCUT2D eigenvalue weighted by Crippen LogP contribution is -2.14. The number of hydrogen-bond donors (Lipinski definition) is 1. The number of anilines is 1. The Bertz CT molecular complexity index is 818. The Balaban J connectivity index is 2.15. The molecule has 0 spiro atoms. The lowest BCUT2D eigenvalue weighted by molar-refractivity contribution is -0.142. The van der Waals surface area contributed by atoms with Gasteiger partial charge in [0.2, 0.25) is 0 Å². The number of nitrogens with zero attached hydrogens (tertiary/aromatic N) is 1. The molecule has 1 aromatic carbocycles. The van der Waals surface area contributed by atoms with Crippen molar-refractivity contribution in [2.75, 3.05) is 11.3 Å². The first-order valence-electron chi connectivity index (χ1n) is 6.71. The molecule has 0 bridgehead atoms. The van der Waals surface area contributed by atoms with E-state index in [0.29, 0.717) is 16.3 Å². The minimum absolute atomic E-state index is 0.00599. The number of esters is 1. The second kappa shape index (κ2) is 7.29. The first kappa shape index (κ1) is 17.7. The maximum Gasteiger partial charge on any atom is 0.311 e. The fourth-order valence-corrected chi connectivity index (χ4v) is 4.30. The molecule has 2 rings (SSSR count). The van der Waals surface area contributed by atoms with Crippen LogP contribution in [0.4, 0.5) is 5.13 Å². The van der Waals surface area contributed by atoms with Gasteiger partial charge >= 0.3 is 5.97 Å². The number of carbonyl (C=O) groups excluding carboxylic acids is 1. The fraction of sp³-hybridized carbons (Fsp3) is 0.286. The van der Waals surface area contributed by atoms with E-state index >= 15 is 0 Å². The van der Waals surface area contributed by atoms with Crippen LogP contribution < -0.4 is 4.72 Å². The fourth-order valence-electron chi connectivity index (χ4n) is 1.88. The quantitative estimate of drug-likeness (QED) is 0.785. The summed E-state index contributed by atoms with van der Waals surface area (Å²) in [6.07, 6.45) is 0.00599. The molecule has 0 unspecified atom stereocenters. The van der Waals surface area contributed by atoms with Crippen molar-refractivity contribution >= 4 is 44.1 Å². The highest BCUT2D eigenvalue weighted by Gasteiger charge is 2.19. The van der Waals surface area contributed by atoms with Crippen molar-refractivity contribution in [3.63, 3.8) is 0 Å². The van der Waals surface area contributed by atoms with Crippen molar-refractivity contribution in [2.45, 2.75) is 25.2 Å². The smallest absolute Gasteiger partial charge is 0.311 e. The van der Waals surface area contributed by atoms with Crippen LogP contribution in [0.3, 0.4) is 0 Å². The Morgan fingerprint density at radius 1 is 1.43 bits per heavy atom. The van der Waals surface area contributed by atoms with Gasteiger partial charge in [0.15, 0.2) is 5.13 Å². The van der Waals surface area contributed by atoms with Gasteiger partial charge in [0.25, 0.3) is 10.0 Å². The summed E-state index contributed by atoms with van der Waals surface area (Å²) < 4.78 is 32.0. The van der Waals surface area contributed by atoms with E-state index in [9.17, 15) is 13.2 Å². The van der Waals surface area contributed by atoms with Gasteiger partial charge in [-0.2, -0.15) is 0 Å². The van der Waals surface area contributed by atoms with Crippen molar-refractivity contribution in [1.82, 2.24) is 4.98 Å². The van der Waals surface area contributed by atoms with Gasteiger partial charge in [0.05, 0.1) is 23.6 Å². The minimum atomic E-state index is -3.76. The monoisotopic (exact) mass is 374 g/mol. The molecule has 0 aliphatic heterocycles. The average molecular weight is 375 g/mol. The number of benzene rings is 1. The Morgan fingerprint density at radius 2 is 2.17 bits per heavy atom. The molecule has 0 saturated heterocycles. The number of nitrogens with one attached hydrogen (secondary N) is 1. The minimum Gasteiger partial charge on any atom is -0.466 e. The summed E-state index contributed by atoms with van der Waals surface area (Å²) in [5, 5.41) is 2.27. The molecule has 2 aromatic rings. The molecule has 0 aliphatic carbocycles. The second-order valence-electron chi connectivity index (χ2n) is 4.64. The zero-order valence-corrected chi connectivity index (χ0v) is 14.9. The van der Waals surface area contributed by atoms with Crippen LogP contribution in [0.5, 0.6) is 0 Å². The normalized spacial score (nSPS) is 11.3. The number of sulfonamides is 1. The zero-order chi connectivity index (χ0) is 17.0. The van der Waals surface area contributed by atoms with Crippen LogP contribution in [0.25, 0.3) is 0 Å². The Hall–Kier alpha value is -1.64. The third kappa shape index (κ3) is 4.66. The molecule has 0 saturated carbocycles. The second-order valence-corrected chi connectivity index (χ2v) is 7.59. The van der Waals surface area contributed by atoms with Crippen molar-refractivity contribution in [2.24, 2.45) is 0 Å². The van der Waals surface area contributed by atoms with Gasteiger partial charge in [-0.15, -0.1) is 11.3 Å². The van der Waals surface area contributed by atoms with Crippen LogP contribution >= 0.6 is 22.9 Å². The summed E-state index contributed by atoms with van der Waals surface area (Å²) in [7, 11) is -3.76. The number of halogens is 1. The van der Waals surface area contributed by atoms with E-state index in [-0.39, 0.29) is 23.1 Å². The van der Waals surface area contributed by atoms with Crippen molar-refractivity contribution in [3.05, 3.63) is 39.9 Å². The van der Waals surface area contributed by atoms with Crippen LogP contribution in [0.1, 0.15) is 18.2 Å². The summed E-state index contributed by atoms with van der Waals surface area (Å²) in [6.45, 7) is 3.67. The molecule has 0 amide bonds. The highest BCUT2D eigenvalue weighted by Crippen LogP contribution is 2.24. The van der Waals surface area contributed by atoms with Crippen LogP contribution in [0.15, 0.2) is 28.5 Å². The largest absolute Gasteiger partial charge is 0.466 e. The zero-order valence-electron chi connectivity index (χ0n) is 12.5. The van der Waals surface area contributed by atoms with Gasteiger partial charge in [-0.3, -0.25) is 9.52 Å². The van der Waals surface area contributed by atoms with E-state index < -0.39 is 16.0 Å². The molecule has 1 aromatic heterocycles. The lowest BCUT2D eigenvalue weighted by atomic mass is 10.2. The van der Waals surface area contributed by atoms with Crippen molar-refractivity contribution in [3.8, 4) is 0 Å². The van der Waals surface area contributed by atoms with Gasteiger partial charge in [0, 0.05) is 10.4 Å². The van der Waals surface area contributed by atoms with Crippen LogP contribution in [-0.4, -0.2) is 26.0 Å². The number of ether oxygens (including phenoxy) is 1. The van der Waals surface area contributed by atoms with Crippen LogP contribution in [0.2, 0.25) is 5.02 Å². The average Bonchev–Trinajstić information content (AvgIpc) is 2.84. The standard InChI is InChI=1S/C14H15ClN2O4S2/c1-3-21-13(18)7-11-8-22-14(16-11)17-23(19,20)12-5-4-10(15)6-9(12)2/h4-6,8H,3,7H2,1-2H3,(H,16,17). The molecule has 0 fully saturated rings. The molecule has 0 atom stereocenters. The topological polar surface area (TPSA) is 85.4 Å². The Labute approximate surface area is 143 Å². The van der Waals surface area contributed by atoms with E-state index in [4.69, 9.17) is 16.3 Å². The van der Waals surface area contributed by atoms with Gasteiger partial charge in [-0.25, -0.2) is 13.4 Å². The molecule has 1 heterocycles. The highest BCUT2D eigenvalue weighted by molar-refractivity contribution is 7.93. The molecule has 0 aliphatic rings. The van der Waals surface area contributed by atoms with Gasteiger partial charge in [0.1, 0.15) is 0 Å². The number of hydrogen-bond acceptors (Lipinski definition) is 6. The molecular formula is C14H15ClN2O4S2. The molecule has 9 heteroatoms. The van der Waals surface area contributed by atoms with E-state index in [0.717, 1.165) is 11.3 Å². The molecule has 124 valence electrons. The predicted molar refractivity (Wildman–Crippen MR) is 89.4 cm³/mol. The maximum absolute atomic E-state index is 12.4. The van der Waals surface area contributed by atoms with E-state index in [2.05, 4.69) is 9.71 Å². The van der Waals surface area contributed by atoms with E-state index in [1.165, 1.54) is 12.1 Å². The number of aromatic nitrogens is 1. The highest BCUT2D eigenvalue weighted by atomic mass is 35.5. The first-order valence-corrected chi connectivity index (χ1v) is 9.45. The molecule has 6 nitrogen and oxygen atoms in total. The number of rotatable bonds is 6. The third-order valence-electron chi connectivity index (χ3n) is 2.83. The SMILES string of the molecule is CCOC(=O)Cc1csc(NS(=O)(=O)c2ccc(Cl)cc2C)n1. The maximum atomic E-state index is 12.4. The summed E-state index contributed by atoms with van der Waals surface area (Å²) in [4.78, 5) is 15.6. The Kier molecular flexibility index (Phi) is 5.61. The van der Waals surface area contributed by atoms with Crippen LogP contribution in [-0.2, 0) is 26.0 Å². The molecular weight excluding hydrogens is 360 g/mol. The summed E-state index contributed by atoms with van der Waals surface area (Å²) in [5.74, 6) is -0.402. The molecule has 0 radical (unpaired) electrons. The predicted octanol–water partition coefficient (Wildman–Crippen LogP) is 3.01. The van der Waals surface area contributed by atoms with Crippen LogP contribution in [0, 0.1) is 6.92 Å². The summed E-state index contributed by atoms with van der Waals surface area (Å²) in [6, 6.07) is 4.52. The summed E-state index contributed by atoms with van der Waals surface area (Å²) >= 11 is 6.94. The Morgan fingerprint density at radius 3 is 2.83 bits per heavy atom. The van der Waals surface area contributed by atoms with E-state index in [1.54, 1.807) is 25.3 Å². The number of thiazole rings is 1. The molecule has 23 heavy (non-hydrogen) atoms. The lowest BCUT2D eigenvalue weighted by Gasteiger charge is -2.08. The summed E-state index contributed by atoms with van der Waals surface area (Å²) in [5.41, 5.74) is 0.993. The van der Waals surface area contributed by atoms with Gasteiger partial charge < -0.3 is 4.74 Å². The van der Waals surface area contributed by atoms with Gasteiger partial charge in [-0.1, -0.05) is 11.6 Å². The molecule has 1 N–H and O–H groups in total. The van der Waals surface area contributed by atoms with Crippen molar-refractivity contribution < 1.29 is 17.9 Å². The van der Waals surface area contributed by atoms with E-state index in [1.807, 2.05) is 0 Å². The number of aryl methyl sites for hydroxylation is 1. The van der Waals surface area contributed by atoms with Gasteiger partial charge in [-0.05, 0) is 37.6 Å². The number of carbonyl (C=O) groups is 1. The third-order valence-corrected chi connectivity index (χ3v) is 5.50. The van der Waals surface area contributed by atoms with Crippen molar-refractivity contribution in [1.29, 1.82) is 0 Å². The first-order chi connectivity index (χ1) is 10.8.